The largest absolute Gasteiger partial charge is 0.488 e. The quantitative estimate of drug-likeness (QED) is 0.895. The molecule has 2 aromatic rings. The Balaban J connectivity index is 1.57. The molecular formula is C17H16F2N2O3. The third kappa shape index (κ3) is 3.99. The number of amides is 2. The van der Waals surface area contributed by atoms with Crippen LogP contribution in [0.1, 0.15) is 6.42 Å². The van der Waals surface area contributed by atoms with Crippen LogP contribution in [0.5, 0.6) is 5.75 Å². The molecule has 2 N–H and O–H groups in total. The first kappa shape index (κ1) is 16.2. The van der Waals surface area contributed by atoms with Gasteiger partial charge in [-0.05, 0) is 36.4 Å². The second kappa shape index (κ2) is 7.27. The molecule has 1 heterocycles. The van der Waals surface area contributed by atoms with Gasteiger partial charge in [0, 0.05) is 12.1 Å². The molecular weight excluding hydrogens is 318 g/mol. The standard InChI is InChI=1S/C17H16F2N2O3/c18-14-2-1-3-15(16(14)19)21-17(22)20-11-4-6-12(7-5-11)24-13-8-9-23-10-13/h1-7,13H,8-10H2,(H2,20,21,22). The van der Waals surface area contributed by atoms with E-state index in [1.165, 1.54) is 12.1 Å². The van der Waals surface area contributed by atoms with Gasteiger partial charge in [0.1, 0.15) is 11.9 Å². The van der Waals surface area contributed by atoms with Crippen LogP contribution >= 0.6 is 0 Å². The van der Waals surface area contributed by atoms with Crippen molar-refractivity contribution in [2.45, 2.75) is 12.5 Å². The van der Waals surface area contributed by atoms with Crippen molar-refractivity contribution >= 4 is 17.4 Å². The molecule has 2 aromatic carbocycles. The predicted octanol–water partition coefficient (Wildman–Crippen LogP) is 3.78. The molecule has 7 heteroatoms. The monoisotopic (exact) mass is 334 g/mol. The first-order valence-corrected chi connectivity index (χ1v) is 7.48. The lowest BCUT2D eigenvalue weighted by Gasteiger charge is -2.13. The zero-order valence-corrected chi connectivity index (χ0v) is 12.7. The Morgan fingerprint density at radius 2 is 1.92 bits per heavy atom. The van der Waals surface area contributed by atoms with Crippen molar-refractivity contribution < 1.29 is 23.0 Å². The maximum atomic E-state index is 13.5. The third-order valence-corrected chi connectivity index (χ3v) is 3.50. The fraction of sp³-hybridized carbons (Fsp3) is 0.235. The molecule has 1 unspecified atom stereocenters. The summed E-state index contributed by atoms with van der Waals surface area (Å²) in [4.78, 5) is 11.8. The maximum absolute atomic E-state index is 13.5. The van der Waals surface area contributed by atoms with E-state index >= 15 is 0 Å². The molecule has 1 atom stereocenters. The van der Waals surface area contributed by atoms with Crippen LogP contribution in [0, 0.1) is 11.6 Å². The van der Waals surface area contributed by atoms with Crippen LogP contribution in [0.2, 0.25) is 0 Å². The van der Waals surface area contributed by atoms with E-state index in [0.717, 1.165) is 12.5 Å². The number of ether oxygens (including phenoxy) is 2. The average molecular weight is 334 g/mol. The number of urea groups is 1. The van der Waals surface area contributed by atoms with Crippen molar-refractivity contribution in [3.8, 4) is 5.75 Å². The molecule has 3 rings (SSSR count). The third-order valence-electron chi connectivity index (χ3n) is 3.50. The molecule has 0 saturated carbocycles. The normalized spacial score (nSPS) is 16.7. The summed E-state index contributed by atoms with van der Waals surface area (Å²) < 4.78 is 37.5. The summed E-state index contributed by atoms with van der Waals surface area (Å²) in [6.07, 6.45) is 0.893. The van der Waals surface area contributed by atoms with Gasteiger partial charge in [-0.15, -0.1) is 0 Å². The Labute approximate surface area is 137 Å². The Bertz CT molecular complexity index is 716. The minimum absolute atomic E-state index is 0.0445. The van der Waals surface area contributed by atoms with Crippen LogP contribution in [0.4, 0.5) is 25.0 Å². The van der Waals surface area contributed by atoms with Crippen LogP contribution in [0.3, 0.4) is 0 Å². The smallest absolute Gasteiger partial charge is 0.323 e. The topological polar surface area (TPSA) is 59.6 Å². The first-order valence-electron chi connectivity index (χ1n) is 7.48. The second-order valence-electron chi connectivity index (χ2n) is 5.31. The molecule has 1 aliphatic rings. The number of hydrogen-bond acceptors (Lipinski definition) is 3. The number of nitrogens with one attached hydrogen (secondary N) is 2. The zero-order chi connectivity index (χ0) is 16.9. The highest BCUT2D eigenvalue weighted by Crippen LogP contribution is 2.20. The van der Waals surface area contributed by atoms with Gasteiger partial charge in [-0.2, -0.15) is 0 Å². The molecule has 24 heavy (non-hydrogen) atoms. The van der Waals surface area contributed by atoms with E-state index in [-0.39, 0.29) is 11.8 Å². The van der Waals surface area contributed by atoms with E-state index < -0.39 is 17.7 Å². The van der Waals surface area contributed by atoms with E-state index in [4.69, 9.17) is 9.47 Å². The lowest BCUT2D eigenvalue weighted by Crippen LogP contribution is -2.20. The molecule has 1 saturated heterocycles. The summed E-state index contributed by atoms with van der Waals surface area (Å²) in [5.41, 5.74) is 0.271. The highest BCUT2D eigenvalue weighted by atomic mass is 19.2. The number of carbonyl (C=O) groups excluding carboxylic acids is 1. The summed E-state index contributed by atoms with van der Waals surface area (Å²) in [7, 11) is 0. The van der Waals surface area contributed by atoms with Gasteiger partial charge in [0.05, 0.1) is 18.9 Å². The van der Waals surface area contributed by atoms with Crippen molar-refractivity contribution in [1.29, 1.82) is 0 Å². The van der Waals surface area contributed by atoms with E-state index in [9.17, 15) is 13.6 Å². The maximum Gasteiger partial charge on any atom is 0.323 e. The Kier molecular flexibility index (Phi) is 4.90. The minimum atomic E-state index is -1.10. The molecule has 1 aliphatic heterocycles. The summed E-state index contributed by atoms with van der Waals surface area (Å²) >= 11 is 0. The van der Waals surface area contributed by atoms with Gasteiger partial charge in [0.2, 0.25) is 0 Å². The number of carbonyl (C=O) groups is 1. The van der Waals surface area contributed by atoms with Gasteiger partial charge in [-0.3, -0.25) is 0 Å². The lowest BCUT2D eigenvalue weighted by atomic mass is 10.2. The zero-order valence-electron chi connectivity index (χ0n) is 12.7. The molecule has 5 nitrogen and oxygen atoms in total. The molecule has 0 spiro atoms. The van der Waals surface area contributed by atoms with E-state index in [2.05, 4.69) is 10.6 Å². The summed E-state index contributed by atoms with van der Waals surface area (Å²) in [6.45, 7) is 1.27. The Hall–Kier alpha value is -2.67. The van der Waals surface area contributed by atoms with Crippen molar-refractivity contribution in [2.75, 3.05) is 23.8 Å². The fourth-order valence-electron chi connectivity index (χ4n) is 2.30. The predicted molar refractivity (Wildman–Crippen MR) is 85.3 cm³/mol. The van der Waals surface area contributed by atoms with Crippen LogP contribution in [0.15, 0.2) is 42.5 Å². The molecule has 2 amide bonds. The van der Waals surface area contributed by atoms with Gasteiger partial charge in [0.15, 0.2) is 11.6 Å². The van der Waals surface area contributed by atoms with Crippen molar-refractivity contribution in [2.24, 2.45) is 0 Å². The summed E-state index contributed by atoms with van der Waals surface area (Å²) in [6, 6.07) is 9.66. The van der Waals surface area contributed by atoms with Gasteiger partial charge in [0.25, 0.3) is 0 Å². The Morgan fingerprint density at radius 3 is 2.62 bits per heavy atom. The van der Waals surface area contributed by atoms with Crippen molar-refractivity contribution in [1.82, 2.24) is 0 Å². The van der Waals surface area contributed by atoms with E-state index in [1.807, 2.05) is 0 Å². The number of anilines is 2. The van der Waals surface area contributed by atoms with E-state index in [1.54, 1.807) is 24.3 Å². The van der Waals surface area contributed by atoms with Crippen LogP contribution in [-0.2, 0) is 4.74 Å². The molecule has 1 fully saturated rings. The van der Waals surface area contributed by atoms with Crippen LogP contribution in [0.25, 0.3) is 0 Å². The molecule has 0 aromatic heterocycles. The van der Waals surface area contributed by atoms with Crippen LogP contribution < -0.4 is 15.4 Å². The van der Waals surface area contributed by atoms with Gasteiger partial charge < -0.3 is 20.1 Å². The molecule has 0 radical (unpaired) electrons. The van der Waals surface area contributed by atoms with Crippen molar-refractivity contribution in [3.63, 3.8) is 0 Å². The molecule has 126 valence electrons. The summed E-state index contributed by atoms with van der Waals surface area (Å²) in [5.74, 6) is -1.45. The van der Waals surface area contributed by atoms with Crippen LogP contribution in [-0.4, -0.2) is 25.3 Å². The minimum Gasteiger partial charge on any atom is -0.488 e. The number of halogens is 2. The van der Waals surface area contributed by atoms with E-state index in [0.29, 0.717) is 24.7 Å². The molecule has 0 aliphatic carbocycles. The fourth-order valence-corrected chi connectivity index (χ4v) is 2.30. The second-order valence-corrected chi connectivity index (χ2v) is 5.31. The SMILES string of the molecule is O=C(Nc1ccc(OC2CCOC2)cc1)Nc1cccc(F)c1F. The number of rotatable bonds is 4. The lowest BCUT2D eigenvalue weighted by molar-refractivity contribution is 0.141. The highest BCUT2D eigenvalue weighted by molar-refractivity contribution is 5.99. The van der Waals surface area contributed by atoms with Gasteiger partial charge in [-0.25, -0.2) is 13.6 Å². The van der Waals surface area contributed by atoms with Gasteiger partial charge >= 0.3 is 6.03 Å². The van der Waals surface area contributed by atoms with Gasteiger partial charge in [-0.1, -0.05) is 6.07 Å². The average Bonchev–Trinajstić information content (AvgIpc) is 3.07. The Morgan fingerprint density at radius 1 is 1.12 bits per heavy atom. The highest BCUT2D eigenvalue weighted by Gasteiger charge is 2.17. The molecule has 0 bridgehead atoms. The summed E-state index contributed by atoms with van der Waals surface area (Å²) in [5, 5.41) is 4.80. The van der Waals surface area contributed by atoms with Crippen molar-refractivity contribution in [3.05, 3.63) is 54.1 Å². The number of hydrogen-bond donors (Lipinski definition) is 2. The first-order chi connectivity index (χ1) is 11.6. The number of benzene rings is 2.